The number of ether oxygens (including phenoxy) is 3. The fourth-order valence-corrected chi connectivity index (χ4v) is 5.29. The molecule has 1 aromatic heterocycles. The van der Waals surface area contributed by atoms with E-state index in [4.69, 9.17) is 14.2 Å². The maximum atomic E-state index is 13.5. The average molecular weight is 655 g/mol. The summed E-state index contributed by atoms with van der Waals surface area (Å²) in [5.41, 5.74) is 7.60. The molecule has 8 nitrogen and oxygen atoms in total. The van der Waals surface area contributed by atoms with Crippen molar-refractivity contribution in [3.8, 4) is 28.4 Å². The Bertz CT molecular complexity index is 1830. The summed E-state index contributed by atoms with van der Waals surface area (Å²) < 4.78 is 17.7. The minimum Gasteiger partial charge on any atom is -0.490 e. The number of carbonyl (C=O) groups is 2. The number of esters is 1. The molecule has 0 aliphatic carbocycles. The molecular weight excluding hydrogens is 622 g/mol. The largest absolute Gasteiger partial charge is 0.490 e. The Morgan fingerprint density at radius 2 is 1.61 bits per heavy atom. The van der Waals surface area contributed by atoms with Crippen molar-refractivity contribution < 1.29 is 23.8 Å². The number of amides is 1. The van der Waals surface area contributed by atoms with Crippen LogP contribution in [0.1, 0.15) is 52.7 Å². The van der Waals surface area contributed by atoms with Crippen LogP contribution in [0.4, 0.5) is 0 Å². The number of aromatic nitrogens is 1. The quantitative estimate of drug-likeness (QED) is 0.0652. The minimum atomic E-state index is -0.577. The molecule has 9 heteroatoms. The van der Waals surface area contributed by atoms with Crippen LogP contribution in [0.3, 0.4) is 0 Å². The zero-order valence-corrected chi connectivity index (χ0v) is 26.2. The van der Waals surface area contributed by atoms with Crippen LogP contribution in [0.15, 0.2) is 94.5 Å². The molecule has 224 valence electrons. The second-order valence-electron chi connectivity index (χ2n) is 9.73. The Balaban J connectivity index is 1.40. The average Bonchev–Trinajstić information content (AvgIpc) is 3.44. The van der Waals surface area contributed by atoms with Crippen LogP contribution in [-0.2, 0) is 6.42 Å². The van der Waals surface area contributed by atoms with Crippen molar-refractivity contribution in [2.24, 2.45) is 5.10 Å². The number of carbonyl (C=O) groups excluding carboxylic acids is 2. The van der Waals surface area contributed by atoms with Crippen LogP contribution in [0.25, 0.3) is 22.0 Å². The third-order valence-electron chi connectivity index (χ3n) is 6.91. The van der Waals surface area contributed by atoms with Gasteiger partial charge in [-0.25, -0.2) is 10.2 Å². The molecule has 0 atom stereocenters. The number of aromatic amines is 1. The smallest absolute Gasteiger partial charge is 0.343 e. The number of hydrogen-bond donors (Lipinski definition) is 2. The van der Waals surface area contributed by atoms with E-state index in [0.717, 1.165) is 38.5 Å². The fraction of sp³-hybridized carbons (Fsp3) is 0.171. The summed E-state index contributed by atoms with van der Waals surface area (Å²) in [6.45, 7) is 6.70. The third kappa shape index (κ3) is 6.68. The maximum Gasteiger partial charge on any atom is 0.343 e. The second-order valence-corrected chi connectivity index (χ2v) is 10.6. The molecule has 5 aromatic rings. The van der Waals surface area contributed by atoms with Crippen LogP contribution >= 0.6 is 15.9 Å². The van der Waals surface area contributed by atoms with Crippen LogP contribution in [0.5, 0.6) is 17.2 Å². The molecule has 2 N–H and O–H groups in total. The van der Waals surface area contributed by atoms with Crippen molar-refractivity contribution in [1.29, 1.82) is 0 Å². The summed E-state index contributed by atoms with van der Waals surface area (Å²) >= 11 is 3.46. The van der Waals surface area contributed by atoms with Gasteiger partial charge in [0.05, 0.1) is 25.0 Å². The lowest BCUT2D eigenvalue weighted by Gasteiger charge is -2.13. The fourth-order valence-electron chi connectivity index (χ4n) is 4.91. The molecular formula is C35H32BrN3O5. The number of hydrazone groups is 1. The van der Waals surface area contributed by atoms with Crippen LogP contribution in [-0.4, -0.2) is 36.3 Å². The molecule has 0 aliphatic heterocycles. The maximum absolute atomic E-state index is 13.5. The van der Waals surface area contributed by atoms with E-state index >= 15 is 0 Å². The standard InChI is InChI=1S/C35H32BrN3O5/c1-4-22-13-10-14-27-31(23-11-8-7-9-12-23)33(38-32(22)27)34(40)39-37-21-25-19-26(36)16-18-28(25)44-35(41)24-15-17-29(42-5-2)30(20-24)43-6-3/h7-21,38H,4-6H2,1-3H3,(H,39,40). The lowest BCUT2D eigenvalue weighted by atomic mass is 10.00. The van der Waals surface area contributed by atoms with Gasteiger partial charge in [-0.05, 0) is 67.8 Å². The van der Waals surface area contributed by atoms with Gasteiger partial charge in [-0.3, -0.25) is 4.79 Å². The monoisotopic (exact) mass is 653 g/mol. The molecule has 0 spiro atoms. The number of aryl methyl sites for hydroxylation is 1. The Morgan fingerprint density at radius 3 is 2.36 bits per heavy atom. The topological polar surface area (TPSA) is 102 Å². The lowest BCUT2D eigenvalue weighted by Crippen LogP contribution is -2.19. The molecule has 4 aromatic carbocycles. The van der Waals surface area contributed by atoms with E-state index in [-0.39, 0.29) is 5.75 Å². The van der Waals surface area contributed by atoms with Gasteiger partial charge in [0.25, 0.3) is 5.91 Å². The van der Waals surface area contributed by atoms with E-state index in [1.54, 1.807) is 36.4 Å². The Morgan fingerprint density at radius 1 is 0.864 bits per heavy atom. The van der Waals surface area contributed by atoms with Gasteiger partial charge in [-0.2, -0.15) is 5.10 Å². The molecule has 44 heavy (non-hydrogen) atoms. The molecule has 0 saturated heterocycles. The predicted molar refractivity (Wildman–Crippen MR) is 176 cm³/mol. The number of fused-ring (bicyclic) bond motifs is 1. The summed E-state index contributed by atoms with van der Waals surface area (Å²) in [6.07, 6.45) is 2.26. The lowest BCUT2D eigenvalue weighted by molar-refractivity contribution is 0.0733. The number of H-pyrrole nitrogens is 1. The minimum absolute atomic E-state index is 0.270. The van der Waals surface area contributed by atoms with Gasteiger partial charge in [0.2, 0.25) is 0 Å². The number of nitrogens with zero attached hydrogens (tertiary/aromatic N) is 1. The van der Waals surface area contributed by atoms with Crippen LogP contribution in [0, 0.1) is 0 Å². The van der Waals surface area contributed by atoms with E-state index in [1.165, 1.54) is 6.21 Å². The number of nitrogens with one attached hydrogen (secondary N) is 2. The van der Waals surface area contributed by atoms with E-state index < -0.39 is 11.9 Å². The highest BCUT2D eigenvalue weighted by atomic mass is 79.9. The van der Waals surface area contributed by atoms with Gasteiger partial charge < -0.3 is 19.2 Å². The van der Waals surface area contributed by atoms with Crippen molar-refractivity contribution in [2.75, 3.05) is 13.2 Å². The number of halogens is 1. The molecule has 1 amide bonds. The van der Waals surface area contributed by atoms with E-state index in [0.29, 0.717) is 41.5 Å². The van der Waals surface area contributed by atoms with Crippen LogP contribution < -0.4 is 19.6 Å². The zero-order valence-electron chi connectivity index (χ0n) is 24.6. The van der Waals surface area contributed by atoms with Gasteiger partial charge in [-0.15, -0.1) is 0 Å². The van der Waals surface area contributed by atoms with Gasteiger partial charge in [0.1, 0.15) is 11.4 Å². The molecule has 0 bridgehead atoms. The number of rotatable bonds is 11. The highest BCUT2D eigenvalue weighted by molar-refractivity contribution is 9.10. The second kappa shape index (κ2) is 14.1. The predicted octanol–water partition coefficient (Wildman–Crippen LogP) is 7.94. The van der Waals surface area contributed by atoms with E-state index in [9.17, 15) is 9.59 Å². The van der Waals surface area contributed by atoms with Crippen molar-refractivity contribution in [3.63, 3.8) is 0 Å². The zero-order chi connectivity index (χ0) is 31.1. The number of para-hydroxylation sites is 1. The molecule has 0 fully saturated rings. The highest BCUT2D eigenvalue weighted by Crippen LogP contribution is 2.34. The van der Waals surface area contributed by atoms with Crippen molar-refractivity contribution in [3.05, 3.63) is 112 Å². The molecule has 0 aliphatic rings. The first kappa shape index (κ1) is 30.6. The molecule has 0 unspecified atom stereocenters. The van der Waals surface area contributed by atoms with Gasteiger partial charge in [-0.1, -0.05) is 71.4 Å². The van der Waals surface area contributed by atoms with Crippen molar-refractivity contribution in [1.82, 2.24) is 10.4 Å². The van der Waals surface area contributed by atoms with E-state index in [1.807, 2.05) is 56.3 Å². The highest BCUT2D eigenvalue weighted by Gasteiger charge is 2.20. The Hall–Kier alpha value is -4.89. The van der Waals surface area contributed by atoms with Crippen molar-refractivity contribution >= 4 is 44.9 Å². The number of hydrogen-bond acceptors (Lipinski definition) is 6. The first-order valence-corrected chi connectivity index (χ1v) is 15.2. The summed E-state index contributed by atoms with van der Waals surface area (Å²) in [6, 6.07) is 25.9. The van der Waals surface area contributed by atoms with Gasteiger partial charge in [0, 0.05) is 26.5 Å². The van der Waals surface area contributed by atoms with Gasteiger partial charge >= 0.3 is 5.97 Å². The SMILES string of the molecule is CCOc1ccc(C(=O)Oc2ccc(Br)cc2C=NNC(=O)c2[nH]c3c(CC)cccc3c2-c2ccccc2)cc1OCC. The first-order valence-electron chi connectivity index (χ1n) is 14.4. The molecule has 0 saturated carbocycles. The summed E-state index contributed by atoms with van der Waals surface area (Å²) in [4.78, 5) is 29.9. The Kier molecular flexibility index (Phi) is 9.76. The van der Waals surface area contributed by atoms with E-state index in [2.05, 4.69) is 44.4 Å². The first-order chi connectivity index (χ1) is 21.4. The molecule has 1 heterocycles. The molecule has 0 radical (unpaired) electrons. The van der Waals surface area contributed by atoms with Crippen molar-refractivity contribution in [2.45, 2.75) is 27.2 Å². The Labute approximate surface area is 264 Å². The normalized spacial score (nSPS) is 11.1. The third-order valence-corrected chi connectivity index (χ3v) is 7.41. The summed E-state index contributed by atoms with van der Waals surface area (Å²) in [7, 11) is 0. The summed E-state index contributed by atoms with van der Waals surface area (Å²) in [5, 5.41) is 5.19. The van der Waals surface area contributed by atoms with Gasteiger partial charge in [0.15, 0.2) is 11.5 Å². The van der Waals surface area contributed by atoms with Crippen LogP contribution in [0.2, 0.25) is 0 Å². The molecule has 5 rings (SSSR count). The summed E-state index contributed by atoms with van der Waals surface area (Å²) in [5.74, 6) is 0.305. The number of benzene rings is 4.